The Morgan fingerprint density at radius 3 is 2.55 bits per heavy atom. The van der Waals surface area contributed by atoms with Gasteiger partial charge in [-0.1, -0.05) is 31.7 Å². The summed E-state index contributed by atoms with van der Waals surface area (Å²) in [5.74, 6) is -1.34. The summed E-state index contributed by atoms with van der Waals surface area (Å²) in [4.78, 5) is 3.85. The van der Waals surface area contributed by atoms with E-state index in [1.165, 1.54) is 0 Å². The van der Waals surface area contributed by atoms with Crippen molar-refractivity contribution in [2.45, 2.75) is 137 Å². The fourth-order valence-corrected chi connectivity index (χ4v) is 12.7. The zero-order valence-corrected chi connectivity index (χ0v) is 28.2. The highest BCUT2D eigenvalue weighted by molar-refractivity contribution is 5.92. The normalized spacial score (nSPS) is 52.6. The Bertz CT molecular complexity index is 1830. The van der Waals surface area contributed by atoms with Crippen molar-refractivity contribution in [1.82, 2.24) is 4.98 Å². The van der Waals surface area contributed by atoms with Gasteiger partial charge in [-0.2, -0.15) is 0 Å². The third-order valence-electron chi connectivity index (χ3n) is 15.3. The van der Waals surface area contributed by atoms with Crippen molar-refractivity contribution in [2.24, 2.45) is 17.3 Å². The average Bonchev–Trinajstić information content (AvgIpc) is 3.65. The monoisotopic (exact) mass is 645 g/mol. The van der Waals surface area contributed by atoms with Crippen LogP contribution in [-0.4, -0.2) is 74.4 Å². The van der Waals surface area contributed by atoms with Gasteiger partial charge in [-0.3, -0.25) is 0 Å². The topological polar surface area (TPSA) is 126 Å². The van der Waals surface area contributed by atoms with Gasteiger partial charge in [0.25, 0.3) is 0 Å². The minimum absolute atomic E-state index is 0.0369. The summed E-state index contributed by atoms with van der Waals surface area (Å²) in [6.07, 6.45) is 0.304. The molecule has 0 amide bonds. The number of hydrogen-bond donors (Lipinski definition) is 4. The second-order valence-electron chi connectivity index (χ2n) is 17.1. The molecule has 252 valence electrons. The van der Waals surface area contributed by atoms with Crippen LogP contribution in [0.15, 0.2) is 36.4 Å². The van der Waals surface area contributed by atoms with Crippen molar-refractivity contribution in [1.29, 1.82) is 0 Å². The molecule has 4 aliphatic carbocycles. The molecule has 2 saturated heterocycles. The van der Waals surface area contributed by atoms with Crippen molar-refractivity contribution in [3.8, 4) is 0 Å². The molecule has 5 fully saturated rings. The summed E-state index contributed by atoms with van der Waals surface area (Å²) in [7, 11) is 1.70. The van der Waals surface area contributed by atoms with E-state index in [9.17, 15) is 15.3 Å². The number of methoxy groups -OCH3 is 1. The SMILES string of the molecule is C=C(C)[C@H]1O[C@H]2CC[C@@]3(C)[C@@](O)(CC[C@]4(OC)O[C@@H]5OC(C)(C)[C@H]6C[C@@H]7C(=C)Cc8ccc9[nH]c(c5c9c8[C@@]76O)[C@@]43C)[C@]23O[C@@H]3[C@H]1O. The summed E-state index contributed by atoms with van der Waals surface area (Å²) < 4.78 is 33.9. The van der Waals surface area contributed by atoms with Crippen LogP contribution in [-0.2, 0) is 41.1 Å². The van der Waals surface area contributed by atoms with Gasteiger partial charge >= 0.3 is 0 Å². The third kappa shape index (κ3) is 2.80. The minimum atomic E-state index is -1.38. The number of benzene rings is 1. The Kier molecular flexibility index (Phi) is 5.24. The lowest BCUT2D eigenvalue weighted by Gasteiger charge is -2.71. The molecule has 1 spiro atoms. The molecule has 2 aromatic rings. The van der Waals surface area contributed by atoms with Crippen LogP contribution in [0.3, 0.4) is 0 Å². The molecule has 1 aromatic carbocycles. The van der Waals surface area contributed by atoms with E-state index in [1.54, 1.807) is 7.11 Å². The molecule has 13 atom stereocenters. The maximum atomic E-state index is 13.3. The van der Waals surface area contributed by atoms with Gasteiger partial charge in [0.05, 0.1) is 17.1 Å². The summed E-state index contributed by atoms with van der Waals surface area (Å²) >= 11 is 0. The fourth-order valence-electron chi connectivity index (χ4n) is 12.7. The number of aliphatic hydroxyl groups excluding tert-OH is 1. The Morgan fingerprint density at radius 1 is 1.06 bits per heavy atom. The number of ether oxygens (including phenoxy) is 5. The Labute approximate surface area is 275 Å². The molecule has 0 unspecified atom stereocenters. The van der Waals surface area contributed by atoms with Crippen molar-refractivity contribution in [2.75, 3.05) is 7.11 Å². The summed E-state index contributed by atoms with van der Waals surface area (Å²) in [6, 6.07) is 4.24. The van der Waals surface area contributed by atoms with Gasteiger partial charge < -0.3 is 44.0 Å². The Hall–Kier alpha value is -2.08. The molecular formula is C38H47NO8. The standard InChI is InChI=1S/C38H47NO8/c1-17(2)28-27(40)30-38(45-30)23(44-28)11-12-33(6)34(7)29-25-24-21(39-29)10-9-19-15-18(3)20-16-22(37(20,42)26(19)24)32(4,5)46-31(25)47-36(34,43-8)14-13-35(33,38)41/h9-10,20,22-23,27-28,30-31,39-42H,1,3,11-16H2,2,4-8H3/t20-,22-,23+,27+,28-,30-,31+,33-,34-,35+,36+,37-,38+/m1/s1. The molecule has 9 heteroatoms. The molecular weight excluding hydrogens is 598 g/mol. The third-order valence-corrected chi connectivity index (χ3v) is 15.3. The first kappa shape index (κ1) is 29.8. The summed E-state index contributed by atoms with van der Waals surface area (Å²) in [5, 5.41) is 38.5. The molecule has 0 radical (unpaired) electrons. The highest BCUT2D eigenvalue weighted by Gasteiger charge is 2.88. The lowest BCUT2D eigenvalue weighted by molar-refractivity contribution is -0.413. The number of nitrogens with one attached hydrogen (secondary N) is 1. The quantitative estimate of drug-likeness (QED) is 0.274. The summed E-state index contributed by atoms with van der Waals surface area (Å²) in [6.45, 7) is 18.8. The number of epoxide rings is 1. The van der Waals surface area contributed by atoms with Gasteiger partial charge in [-0.25, -0.2) is 0 Å². The van der Waals surface area contributed by atoms with E-state index in [4.69, 9.17) is 23.7 Å². The van der Waals surface area contributed by atoms with Crippen LogP contribution in [0.1, 0.15) is 95.4 Å². The lowest BCUT2D eigenvalue weighted by Crippen LogP contribution is -2.81. The molecule has 3 saturated carbocycles. The van der Waals surface area contributed by atoms with Crippen molar-refractivity contribution >= 4 is 10.9 Å². The molecule has 4 aliphatic heterocycles. The molecule has 5 heterocycles. The molecule has 8 aliphatic rings. The zero-order chi connectivity index (χ0) is 33.1. The van der Waals surface area contributed by atoms with Gasteiger partial charge in [-0.15, -0.1) is 0 Å². The van der Waals surface area contributed by atoms with E-state index in [2.05, 4.69) is 58.0 Å². The zero-order valence-electron chi connectivity index (χ0n) is 28.2. The second-order valence-corrected chi connectivity index (χ2v) is 17.1. The number of fused-ring (bicyclic) bond motifs is 4. The average molecular weight is 646 g/mol. The van der Waals surface area contributed by atoms with Gasteiger partial charge in [-0.05, 0) is 82.6 Å². The maximum absolute atomic E-state index is 13.3. The number of rotatable bonds is 2. The van der Waals surface area contributed by atoms with Crippen LogP contribution >= 0.6 is 0 Å². The van der Waals surface area contributed by atoms with Crippen LogP contribution in [0.2, 0.25) is 0 Å². The molecule has 9 nitrogen and oxygen atoms in total. The number of aromatic nitrogens is 1. The molecule has 1 aromatic heterocycles. The van der Waals surface area contributed by atoms with E-state index < -0.39 is 63.6 Å². The first-order valence-corrected chi connectivity index (χ1v) is 17.4. The fraction of sp³-hybridized carbons (Fsp3) is 0.684. The maximum Gasteiger partial charge on any atom is 0.190 e. The van der Waals surface area contributed by atoms with E-state index in [1.807, 2.05) is 6.92 Å². The largest absolute Gasteiger partial charge is 0.387 e. The Morgan fingerprint density at radius 2 is 1.83 bits per heavy atom. The van der Waals surface area contributed by atoms with Gasteiger partial charge in [0, 0.05) is 52.9 Å². The highest BCUT2D eigenvalue weighted by atomic mass is 16.8. The number of hydrogen-bond acceptors (Lipinski definition) is 8. The van der Waals surface area contributed by atoms with Crippen molar-refractivity contribution < 1.29 is 39.0 Å². The predicted octanol–water partition coefficient (Wildman–Crippen LogP) is 4.71. The van der Waals surface area contributed by atoms with Gasteiger partial charge in [0.2, 0.25) is 0 Å². The van der Waals surface area contributed by atoms with Gasteiger partial charge in [0.1, 0.15) is 29.5 Å². The van der Waals surface area contributed by atoms with Crippen molar-refractivity contribution in [3.05, 3.63) is 58.8 Å². The highest BCUT2D eigenvalue weighted by Crippen LogP contribution is 2.77. The number of aromatic amines is 1. The molecule has 0 bridgehead atoms. The van der Waals surface area contributed by atoms with E-state index in [-0.39, 0.29) is 17.9 Å². The van der Waals surface area contributed by atoms with Crippen LogP contribution in [0.25, 0.3) is 10.9 Å². The Balaban J connectivity index is 1.23. The molecule has 47 heavy (non-hydrogen) atoms. The predicted molar refractivity (Wildman–Crippen MR) is 171 cm³/mol. The minimum Gasteiger partial charge on any atom is -0.387 e. The molecule has 10 rings (SSSR count). The number of H-pyrrole nitrogens is 1. The smallest absolute Gasteiger partial charge is 0.190 e. The van der Waals surface area contributed by atoms with Crippen LogP contribution in [0.5, 0.6) is 0 Å². The number of aliphatic hydroxyl groups is 3. The van der Waals surface area contributed by atoms with E-state index >= 15 is 0 Å². The van der Waals surface area contributed by atoms with Crippen LogP contribution in [0.4, 0.5) is 0 Å². The van der Waals surface area contributed by atoms with Gasteiger partial charge in [0.15, 0.2) is 17.7 Å². The van der Waals surface area contributed by atoms with E-state index in [0.29, 0.717) is 25.7 Å². The van der Waals surface area contributed by atoms with Crippen molar-refractivity contribution in [3.63, 3.8) is 0 Å². The van der Waals surface area contributed by atoms with Crippen LogP contribution in [0, 0.1) is 17.3 Å². The first-order valence-electron chi connectivity index (χ1n) is 17.4. The lowest BCUT2D eigenvalue weighted by atomic mass is 9.39. The first-order chi connectivity index (χ1) is 22.1. The molecule has 4 N–H and O–H groups in total. The van der Waals surface area contributed by atoms with E-state index in [0.717, 1.165) is 57.3 Å². The summed E-state index contributed by atoms with van der Waals surface area (Å²) in [5.41, 5.74) is 0.518. The van der Waals surface area contributed by atoms with Crippen LogP contribution < -0.4 is 0 Å². The second kappa shape index (κ2) is 8.27.